The van der Waals surface area contributed by atoms with E-state index in [1.165, 1.54) is 15.6 Å². The molecule has 8 nitrogen and oxygen atoms in total. The molecule has 3 heterocycles. The van der Waals surface area contributed by atoms with Crippen LogP contribution in [0.1, 0.15) is 15.4 Å². The van der Waals surface area contributed by atoms with Gasteiger partial charge in [0.15, 0.2) is 0 Å². The summed E-state index contributed by atoms with van der Waals surface area (Å²) in [6.45, 7) is 3.42. The summed E-state index contributed by atoms with van der Waals surface area (Å²) in [4.78, 5) is 13.9. The molecule has 160 valence electrons. The standard InChI is InChI=1S/C19H21ClN4O4S2/c1-13-14-12-17(29-19(14)24(22-13)16-5-3-2-4-15(16)20)18(25)21-6-11-30(26,27)23-7-9-28-10-8-23/h2-5,12H,6-11H2,1H3,(H,21,25). The van der Waals surface area contributed by atoms with Crippen molar-refractivity contribution < 1.29 is 17.9 Å². The molecule has 0 bridgehead atoms. The van der Waals surface area contributed by atoms with Crippen molar-refractivity contribution >= 4 is 49.1 Å². The predicted octanol–water partition coefficient (Wildman–Crippen LogP) is 2.44. The molecule has 1 aliphatic rings. The van der Waals surface area contributed by atoms with E-state index in [9.17, 15) is 13.2 Å². The highest BCUT2D eigenvalue weighted by Gasteiger charge is 2.24. The van der Waals surface area contributed by atoms with Crippen molar-refractivity contribution in [2.45, 2.75) is 6.92 Å². The van der Waals surface area contributed by atoms with E-state index in [0.29, 0.717) is 36.2 Å². The zero-order valence-corrected chi connectivity index (χ0v) is 18.7. The van der Waals surface area contributed by atoms with Crippen molar-refractivity contribution in [2.75, 3.05) is 38.6 Å². The van der Waals surface area contributed by atoms with Gasteiger partial charge in [0.1, 0.15) is 4.83 Å². The average Bonchev–Trinajstić information content (AvgIpc) is 3.30. The summed E-state index contributed by atoms with van der Waals surface area (Å²) < 4.78 is 33.1. The molecular formula is C19H21ClN4O4S2. The van der Waals surface area contributed by atoms with Crippen LogP contribution in [0.4, 0.5) is 0 Å². The number of rotatable bonds is 6. The van der Waals surface area contributed by atoms with Gasteiger partial charge in [0.25, 0.3) is 5.91 Å². The van der Waals surface area contributed by atoms with Gasteiger partial charge in [-0.1, -0.05) is 23.7 Å². The number of halogens is 1. The number of nitrogens with one attached hydrogen (secondary N) is 1. The van der Waals surface area contributed by atoms with Gasteiger partial charge in [-0.2, -0.15) is 9.40 Å². The van der Waals surface area contributed by atoms with Crippen LogP contribution < -0.4 is 5.32 Å². The second-order valence-corrected chi connectivity index (χ2v) is 10.4. The number of aryl methyl sites for hydroxylation is 1. The van der Waals surface area contributed by atoms with Gasteiger partial charge in [0, 0.05) is 25.0 Å². The van der Waals surface area contributed by atoms with Crippen molar-refractivity contribution in [3.05, 3.63) is 45.9 Å². The third kappa shape index (κ3) is 4.23. The molecule has 1 amide bonds. The highest BCUT2D eigenvalue weighted by Crippen LogP contribution is 2.32. The number of morpholine rings is 1. The first-order valence-corrected chi connectivity index (χ1v) is 12.2. The van der Waals surface area contributed by atoms with Crippen LogP contribution in [0, 0.1) is 6.92 Å². The molecule has 1 fully saturated rings. The molecule has 1 aromatic carbocycles. The smallest absolute Gasteiger partial charge is 0.261 e. The fraction of sp³-hybridized carbons (Fsp3) is 0.368. The van der Waals surface area contributed by atoms with Crippen LogP contribution >= 0.6 is 22.9 Å². The van der Waals surface area contributed by atoms with Gasteiger partial charge in [-0.3, -0.25) is 4.79 Å². The number of para-hydroxylation sites is 1. The van der Waals surface area contributed by atoms with E-state index in [-0.39, 0.29) is 18.2 Å². The van der Waals surface area contributed by atoms with Gasteiger partial charge in [-0.15, -0.1) is 11.3 Å². The van der Waals surface area contributed by atoms with Crippen LogP contribution in [-0.2, 0) is 14.8 Å². The van der Waals surface area contributed by atoms with Crippen LogP contribution in [0.15, 0.2) is 30.3 Å². The molecule has 0 aliphatic carbocycles. The summed E-state index contributed by atoms with van der Waals surface area (Å²) in [5.41, 5.74) is 1.53. The van der Waals surface area contributed by atoms with Crippen molar-refractivity contribution in [2.24, 2.45) is 0 Å². The topological polar surface area (TPSA) is 93.5 Å². The number of aromatic nitrogens is 2. The number of fused-ring (bicyclic) bond motifs is 1. The Morgan fingerprint density at radius 2 is 2.03 bits per heavy atom. The van der Waals surface area contributed by atoms with Crippen LogP contribution in [0.5, 0.6) is 0 Å². The summed E-state index contributed by atoms with van der Waals surface area (Å²) in [6.07, 6.45) is 0. The van der Waals surface area contributed by atoms with E-state index in [1.807, 2.05) is 25.1 Å². The first-order chi connectivity index (χ1) is 14.4. The highest BCUT2D eigenvalue weighted by molar-refractivity contribution is 7.89. The maximum atomic E-state index is 12.6. The Morgan fingerprint density at radius 1 is 1.30 bits per heavy atom. The summed E-state index contributed by atoms with van der Waals surface area (Å²) in [6, 6.07) is 9.15. The molecule has 0 radical (unpaired) electrons. The van der Waals surface area contributed by atoms with Gasteiger partial charge < -0.3 is 10.1 Å². The molecule has 4 rings (SSSR count). The number of hydrogen-bond acceptors (Lipinski definition) is 6. The van der Waals surface area contributed by atoms with Crippen LogP contribution in [-0.4, -0.2) is 67.0 Å². The molecule has 0 saturated carbocycles. The Labute approximate surface area is 183 Å². The fourth-order valence-corrected chi connectivity index (χ4v) is 5.91. The van der Waals surface area contributed by atoms with E-state index in [1.54, 1.807) is 16.8 Å². The highest BCUT2D eigenvalue weighted by atomic mass is 35.5. The number of benzene rings is 1. The molecule has 2 aromatic heterocycles. The molecule has 30 heavy (non-hydrogen) atoms. The summed E-state index contributed by atoms with van der Waals surface area (Å²) in [5, 5.41) is 8.69. The Morgan fingerprint density at radius 3 is 2.77 bits per heavy atom. The van der Waals surface area contributed by atoms with Crippen molar-refractivity contribution in [3.8, 4) is 5.69 Å². The second-order valence-electron chi connectivity index (χ2n) is 6.86. The summed E-state index contributed by atoms with van der Waals surface area (Å²) in [5.74, 6) is -0.450. The van der Waals surface area contributed by atoms with E-state index in [2.05, 4.69) is 10.4 Å². The molecular weight excluding hydrogens is 448 g/mol. The van der Waals surface area contributed by atoms with Crippen LogP contribution in [0.3, 0.4) is 0 Å². The van der Waals surface area contributed by atoms with Gasteiger partial charge in [-0.25, -0.2) is 13.1 Å². The Kier molecular flexibility index (Phi) is 6.12. The normalized spacial score (nSPS) is 15.5. The minimum Gasteiger partial charge on any atom is -0.379 e. The van der Waals surface area contributed by atoms with E-state index >= 15 is 0 Å². The van der Waals surface area contributed by atoms with Crippen LogP contribution in [0.25, 0.3) is 15.9 Å². The van der Waals surface area contributed by atoms with Crippen molar-refractivity contribution in [1.29, 1.82) is 0 Å². The van der Waals surface area contributed by atoms with Gasteiger partial charge in [0.2, 0.25) is 10.0 Å². The SMILES string of the molecule is Cc1nn(-c2ccccc2Cl)c2sc(C(=O)NCCS(=O)(=O)N3CCOCC3)cc12. The second kappa shape index (κ2) is 8.64. The fourth-order valence-electron chi connectivity index (χ4n) is 3.28. The van der Waals surface area contributed by atoms with Crippen molar-refractivity contribution in [3.63, 3.8) is 0 Å². The zero-order valence-electron chi connectivity index (χ0n) is 16.3. The minimum absolute atomic E-state index is 0.0440. The Balaban J connectivity index is 1.48. The number of carbonyl (C=O) groups excluding carboxylic acids is 1. The summed E-state index contributed by atoms with van der Waals surface area (Å²) >= 11 is 7.60. The van der Waals surface area contributed by atoms with Crippen molar-refractivity contribution in [1.82, 2.24) is 19.4 Å². The lowest BCUT2D eigenvalue weighted by Gasteiger charge is -2.25. The van der Waals surface area contributed by atoms with E-state index in [4.69, 9.17) is 16.3 Å². The maximum Gasteiger partial charge on any atom is 0.261 e. The lowest BCUT2D eigenvalue weighted by molar-refractivity contribution is 0.0730. The molecule has 0 unspecified atom stereocenters. The number of carbonyl (C=O) groups is 1. The molecule has 1 aliphatic heterocycles. The third-order valence-electron chi connectivity index (χ3n) is 4.86. The number of thiophene rings is 1. The Hall–Kier alpha value is -1.98. The largest absolute Gasteiger partial charge is 0.379 e. The average molecular weight is 469 g/mol. The summed E-state index contributed by atoms with van der Waals surface area (Å²) in [7, 11) is -3.42. The van der Waals surface area contributed by atoms with Gasteiger partial charge in [-0.05, 0) is 25.1 Å². The first-order valence-electron chi connectivity index (χ1n) is 9.44. The van der Waals surface area contributed by atoms with Gasteiger partial charge >= 0.3 is 0 Å². The number of nitrogens with zero attached hydrogens (tertiary/aromatic N) is 3. The molecule has 11 heteroatoms. The maximum absolute atomic E-state index is 12.6. The lowest BCUT2D eigenvalue weighted by atomic mass is 10.3. The monoisotopic (exact) mass is 468 g/mol. The van der Waals surface area contributed by atoms with E-state index < -0.39 is 10.0 Å². The zero-order chi connectivity index (χ0) is 21.3. The minimum atomic E-state index is -3.42. The number of sulfonamides is 1. The lowest BCUT2D eigenvalue weighted by Crippen LogP contribution is -2.43. The quantitative estimate of drug-likeness (QED) is 0.599. The first kappa shape index (κ1) is 21.3. The molecule has 3 aromatic rings. The number of amides is 1. The van der Waals surface area contributed by atoms with Gasteiger partial charge in [0.05, 0.1) is 40.2 Å². The molecule has 1 saturated heterocycles. The molecule has 1 N–H and O–H groups in total. The number of hydrogen-bond donors (Lipinski definition) is 1. The van der Waals surface area contributed by atoms with E-state index in [0.717, 1.165) is 21.6 Å². The molecule has 0 spiro atoms. The van der Waals surface area contributed by atoms with Crippen LogP contribution in [0.2, 0.25) is 5.02 Å². The third-order valence-corrected chi connectivity index (χ3v) is 8.16. The molecule has 0 atom stereocenters. The predicted molar refractivity (Wildman–Crippen MR) is 117 cm³/mol. The Bertz CT molecular complexity index is 1180. The number of ether oxygens (including phenoxy) is 1.